The van der Waals surface area contributed by atoms with Gasteiger partial charge >= 0.3 is 0 Å². The van der Waals surface area contributed by atoms with Crippen LogP contribution in [0.2, 0.25) is 5.02 Å². The molecule has 0 saturated heterocycles. The summed E-state index contributed by atoms with van der Waals surface area (Å²) in [6.07, 6.45) is 2.39. The van der Waals surface area contributed by atoms with Crippen LogP contribution in [0.25, 0.3) is 0 Å². The van der Waals surface area contributed by atoms with Gasteiger partial charge < -0.3 is 11.1 Å². The summed E-state index contributed by atoms with van der Waals surface area (Å²) in [4.78, 5) is 12.0. The van der Waals surface area contributed by atoms with Gasteiger partial charge in [-0.25, -0.2) is 0 Å². The fourth-order valence-corrected chi connectivity index (χ4v) is 2.41. The van der Waals surface area contributed by atoms with Crippen molar-refractivity contribution in [2.45, 2.75) is 25.3 Å². The Hall–Kier alpha value is -1.73. The van der Waals surface area contributed by atoms with E-state index in [1.165, 1.54) is 0 Å². The molecule has 0 radical (unpaired) electrons. The lowest BCUT2D eigenvalue weighted by atomic mass is 10.1. The first-order valence-electron chi connectivity index (χ1n) is 5.85. The molecule has 2 atom stereocenters. The monoisotopic (exact) mass is 263 g/mol. The van der Waals surface area contributed by atoms with Crippen LogP contribution in [0.15, 0.2) is 18.2 Å². The predicted octanol–water partition coefficient (Wildman–Crippen LogP) is 2.34. The van der Waals surface area contributed by atoms with Crippen molar-refractivity contribution in [3.05, 3.63) is 28.8 Å². The maximum absolute atomic E-state index is 12.0. The highest BCUT2D eigenvalue weighted by atomic mass is 35.5. The third-order valence-electron chi connectivity index (χ3n) is 3.19. The number of anilines is 1. The molecule has 3 N–H and O–H groups in total. The number of halogens is 1. The molecule has 1 aliphatic rings. The SMILES string of the molecule is N#CC1CCC(NC(=O)c2cc(N)ccc2Cl)C1. The minimum absolute atomic E-state index is 0.0478. The van der Waals surface area contributed by atoms with E-state index in [2.05, 4.69) is 11.4 Å². The zero-order valence-corrected chi connectivity index (χ0v) is 10.6. The van der Waals surface area contributed by atoms with Gasteiger partial charge in [-0.1, -0.05) is 11.6 Å². The van der Waals surface area contributed by atoms with Gasteiger partial charge in [0.1, 0.15) is 0 Å². The molecule has 1 fully saturated rings. The number of nitrogens with two attached hydrogens (primary N) is 1. The van der Waals surface area contributed by atoms with Crippen LogP contribution in [-0.2, 0) is 0 Å². The molecule has 0 aromatic heterocycles. The number of carbonyl (C=O) groups excluding carboxylic acids is 1. The van der Waals surface area contributed by atoms with Crippen LogP contribution in [0.1, 0.15) is 29.6 Å². The summed E-state index contributed by atoms with van der Waals surface area (Å²) < 4.78 is 0. The van der Waals surface area contributed by atoms with Gasteiger partial charge in [0.05, 0.1) is 16.7 Å². The highest BCUT2D eigenvalue weighted by molar-refractivity contribution is 6.34. The van der Waals surface area contributed by atoms with Gasteiger partial charge in [0, 0.05) is 17.6 Å². The summed E-state index contributed by atoms with van der Waals surface area (Å²) in [7, 11) is 0. The van der Waals surface area contributed by atoms with Crippen LogP contribution >= 0.6 is 11.6 Å². The molecule has 5 heteroatoms. The first-order valence-corrected chi connectivity index (χ1v) is 6.23. The van der Waals surface area contributed by atoms with E-state index in [9.17, 15) is 4.79 Å². The number of nitrogen functional groups attached to an aromatic ring is 1. The number of nitriles is 1. The second-order valence-electron chi connectivity index (χ2n) is 4.55. The number of hydrogen-bond acceptors (Lipinski definition) is 3. The molecule has 1 aliphatic carbocycles. The smallest absolute Gasteiger partial charge is 0.253 e. The molecule has 1 amide bonds. The summed E-state index contributed by atoms with van der Waals surface area (Å²) in [5.41, 5.74) is 6.53. The first kappa shape index (κ1) is 12.7. The van der Waals surface area contributed by atoms with Crippen LogP contribution in [0, 0.1) is 17.2 Å². The van der Waals surface area contributed by atoms with E-state index < -0.39 is 0 Å². The Labute approximate surface area is 111 Å². The molecule has 0 aliphatic heterocycles. The number of rotatable bonds is 2. The van der Waals surface area contributed by atoms with E-state index in [1.807, 2.05) is 0 Å². The summed E-state index contributed by atoms with van der Waals surface area (Å²) in [6, 6.07) is 7.11. The van der Waals surface area contributed by atoms with Crippen molar-refractivity contribution in [3.8, 4) is 6.07 Å². The van der Waals surface area contributed by atoms with Crippen molar-refractivity contribution in [1.29, 1.82) is 5.26 Å². The lowest BCUT2D eigenvalue weighted by molar-refractivity contribution is 0.0937. The Morgan fingerprint density at radius 2 is 2.28 bits per heavy atom. The summed E-state index contributed by atoms with van der Waals surface area (Å²) in [5.74, 6) is -0.178. The first-order chi connectivity index (χ1) is 8.60. The molecular formula is C13H14ClN3O. The summed E-state index contributed by atoms with van der Waals surface area (Å²) >= 11 is 5.96. The quantitative estimate of drug-likeness (QED) is 0.804. The van der Waals surface area contributed by atoms with Gasteiger partial charge in [-0.05, 0) is 37.5 Å². The zero-order valence-electron chi connectivity index (χ0n) is 9.82. The van der Waals surface area contributed by atoms with Gasteiger partial charge in [0.25, 0.3) is 5.91 Å². The van der Waals surface area contributed by atoms with E-state index in [1.54, 1.807) is 18.2 Å². The molecule has 94 valence electrons. The van der Waals surface area contributed by atoms with Crippen molar-refractivity contribution in [1.82, 2.24) is 5.32 Å². The highest BCUT2D eigenvalue weighted by Crippen LogP contribution is 2.26. The van der Waals surface area contributed by atoms with Crippen molar-refractivity contribution in [2.75, 3.05) is 5.73 Å². The Bertz CT molecular complexity index is 509. The van der Waals surface area contributed by atoms with Crippen LogP contribution in [-0.4, -0.2) is 11.9 Å². The van der Waals surface area contributed by atoms with Crippen LogP contribution in [0.4, 0.5) is 5.69 Å². The highest BCUT2D eigenvalue weighted by Gasteiger charge is 2.26. The minimum atomic E-state index is -0.226. The number of nitrogens with zero attached hydrogens (tertiary/aromatic N) is 1. The molecule has 2 rings (SSSR count). The molecule has 18 heavy (non-hydrogen) atoms. The number of amides is 1. The van der Waals surface area contributed by atoms with Gasteiger partial charge in [0.2, 0.25) is 0 Å². The van der Waals surface area contributed by atoms with Gasteiger partial charge in [-0.2, -0.15) is 5.26 Å². The molecule has 4 nitrogen and oxygen atoms in total. The van der Waals surface area contributed by atoms with E-state index >= 15 is 0 Å². The van der Waals surface area contributed by atoms with Crippen LogP contribution in [0.5, 0.6) is 0 Å². The molecular weight excluding hydrogens is 250 g/mol. The largest absolute Gasteiger partial charge is 0.399 e. The summed E-state index contributed by atoms with van der Waals surface area (Å²) in [6.45, 7) is 0. The lowest BCUT2D eigenvalue weighted by Crippen LogP contribution is -2.33. The molecule has 1 aromatic rings. The fourth-order valence-electron chi connectivity index (χ4n) is 2.21. The van der Waals surface area contributed by atoms with E-state index in [-0.39, 0.29) is 17.9 Å². The van der Waals surface area contributed by atoms with Gasteiger partial charge in [0.15, 0.2) is 0 Å². The fraction of sp³-hybridized carbons (Fsp3) is 0.385. The average Bonchev–Trinajstić information content (AvgIpc) is 2.80. The molecule has 2 unspecified atom stereocenters. The van der Waals surface area contributed by atoms with Crippen molar-refractivity contribution < 1.29 is 4.79 Å². The van der Waals surface area contributed by atoms with Crippen LogP contribution < -0.4 is 11.1 Å². The molecule has 1 aromatic carbocycles. The zero-order chi connectivity index (χ0) is 13.1. The van der Waals surface area contributed by atoms with Crippen molar-refractivity contribution >= 4 is 23.2 Å². The average molecular weight is 264 g/mol. The topological polar surface area (TPSA) is 78.9 Å². The van der Waals surface area contributed by atoms with Crippen molar-refractivity contribution in [2.24, 2.45) is 5.92 Å². The second-order valence-corrected chi connectivity index (χ2v) is 4.96. The predicted molar refractivity (Wildman–Crippen MR) is 70.1 cm³/mol. The Morgan fingerprint density at radius 1 is 1.50 bits per heavy atom. The molecule has 0 heterocycles. The maximum Gasteiger partial charge on any atom is 0.253 e. The number of benzene rings is 1. The normalized spacial score (nSPS) is 22.4. The van der Waals surface area contributed by atoms with Crippen molar-refractivity contribution in [3.63, 3.8) is 0 Å². The number of nitrogens with one attached hydrogen (secondary N) is 1. The van der Waals surface area contributed by atoms with Gasteiger partial charge in [-0.3, -0.25) is 4.79 Å². The molecule has 0 bridgehead atoms. The van der Waals surface area contributed by atoms with Crippen LogP contribution in [0.3, 0.4) is 0 Å². The van der Waals surface area contributed by atoms with E-state index in [0.29, 0.717) is 22.7 Å². The molecule has 0 spiro atoms. The number of hydrogen-bond donors (Lipinski definition) is 2. The Kier molecular flexibility index (Phi) is 3.73. The standard InChI is InChI=1S/C13H14ClN3O/c14-12-4-2-9(16)6-11(12)13(18)17-10-3-1-8(5-10)7-15/h2,4,6,8,10H,1,3,5,16H2,(H,17,18). The van der Waals surface area contributed by atoms with Gasteiger partial charge in [-0.15, -0.1) is 0 Å². The second kappa shape index (κ2) is 5.28. The third-order valence-corrected chi connectivity index (χ3v) is 3.52. The number of carbonyl (C=O) groups is 1. The third kappa shape index (κ3) is 2.74. The van der Waals surface area contributed by atoms with E-state index in [4.69, 9.17) is 22.6 Å². The molecule has 1 saturated carbocycles. The van der Waals surface area contributed by atoms with E-state index in [0.717, 1.165) is 12.8 Å². The minimum Gasteiger partial charge on any atom is -0.399 e. The lowest BCUT2D eigenvalue weighted by Gasteiger charge is -2.13. The summed E-state index contributed by atoms with van der Waals surface area (Å²) in [5, 5.41) is 12.1. The Balaban J connectivity index is 2.04. The Morgan fingerprint density at radius 3 is 2.94 bits per heavy atom. The maximum atomic E-state index is 12.0.